The van der Waals surface area contributed by atoms with Gasteiger partial charge in [0.05, 0.1) is 0 Å². The first-order valence-corrected chi connectivity index (χ1v) is 22.8. The number of rotatable bonds is 22. The third kappa shape index (κ3) is 14.0. The molecule has 7 N–H and O–H groups in total. The first kappa shape index (κ1) is 56.5. The Balaban J connectivity index is 3.29. The number of nitrogens with one attached hydrogen (secondary N) is 7. The van der Waals surface area contributed by atoms with E-state index in [9.17, 15) is 38.4 Å². The molecule has 1 rings (SSSR count). The fourth-order valence-electron chi connectivity index (χ4n) is 5.76. The van der Waals surface area contributed by atoms with E-state index in [1.54, 1.807) is 107 Å². The van der Waals surface area contributed by atoms with Crippen LogP contribution in [0.3, 0.4) is 0 Å². The highest BCUT2D eigenvalue weighted by Crippen LogP contribution is 2.24. The van der Waals surface area contributed by atoms with E-state index in [1.165, 1.54) is 34.6 Å². The van der Waals surface area contributed by atoms with E-state index in [2.05, 4.69) is 53.1 Å². The van der Waals surface area contributed by atoms with Gasteiger partial charge in [-0.2, -0.15) is 0 Å². The minimum Gasteiger partial charge on any atom is -0.458 e. The van der Waals surface area contributed by atoms with E-state index in [4.69, 9.17) is 4.74 Å². The van der Waals surface area contributed by atoms with Crippen LogP contribution in [0.2, 0.25) is 0 Å². The van der Waals surface area contributed by atoms with Crippen LogP contribution in [0.15, 0.2) is 28.7 Å². The van der Waals surface area contributed by atoms with Gasteiger partial charge in [0, 0.05) is 10.0 Å². The summed E-state index contributed by atoms with van der Waals surface area (Å²) >= 11 is 3.34. The molecule has 0 bridgehead atoms. The molecule has 7 amide bonds. The maximum atomic E-state index is 14.2. The first-order valence-electron chi connectivity index (χ1n) is 22.0. The largest absolute Gasteiger partial charge is 0.458 e. The van der Waals surface area contributed by atoms with Crippen molar-refractivity contribution in [3.05, 3.63) is 34.3 Å². The van der Waals surface area contributed by atoms with Crippen molar-refractivity contribution in [2.75, 3.05) is 0 Å². The Morgan fingerprint density at radius 2 is 0.619 bits per heavy atom. The van der Waals surface area contributed by atoms with Crippen LogP contribution in [0.5, 0.6) is 0 Å². The highest BCUT2D eigenvalue weighted by molar-refractivity contribution is 9.10. The van der Waals surface area contributed by atoms with Crippen molar-refractivity contribution in [2.45, 2.75) is 207 Å². The second-order valence-electron chi connectivity index (χ2n) is 19.0. The minimum absolute atomic E-state index is 0.0827. The van der Waals surface area contributed by atoms with Gasteiger partial charge in [0.1, 0.15) is 44.4 Å². The van der Waals surface area contributed by atoms with Crippen LogP contribution in [-0.4, -0.2) is 91.7 Å². The molecule has 0 aliphatic heterocycles. The summed E-state index contributed by atoms with van der Waals surface area (Å²) in [6, 6.07) is 6.65. The zero-order valence-electron chi connectivity index (χ0n) is 40.8. The summed E-state index contributed by atoms with van der Waals surface area (Å²) in [4.78, 5) is 110. The lowest BCUT2D eigenvalue weighted by molar-refractivity contribution is -0.164. The topological polar surface area (TPSA) is 230 Å². The zero-order valence-corrected chi connectivity index (χ0v) is 42.4. The summed E-state index contributed by atoms with van der Waals surface area (Å²) in [6.07, 6.45) is 0.952. The molecule has 63 heavy (non-hydrogen) atoms. The number of esters is 1. The summed E-state index contributed by atoms with van der Waals surface area (Å²) in [6.45, 7) is 27.8. The van der Waals surface area contributed by atoms with Crippen molar-refractivity contribution in [3.8, 4) is 0 Å². The molecule has 0 saturated heterocycles. The Hall–Kier alpha value is -4.54. The second-order valence-corrected chi connectivity index (χ2v) is 19.9. The van der Waals surface area contributed by atoms with Gasteiger partial charge in [-0.1, -0.05) is 64.4 Å². The fourth-order valence-corrected chi connectivity index (χ4v) is 6.03. The lowest BCUT2D eigenvalue weighted by Gasteiger charge is -2.41. The minimum atomic E-state index is -1.59. The summed E-state index contributed by atoms with van der Waals surface area (Å²) in [5, 5.41) is 19.6. The highest BCUT2D eigenvalue weighted by atomic mass is 79.9. The quantitative estimate of drug-likeness (QED) is 0.0738. The Morgan fingerprint density at radius 1 is 0.397 bits per heavy atom. The number of hydrogen-bond donors (Lipinski definition) is 7. The molecule has 0 radical (unpaired) electrons. The zero-order chi connectivity index (χ0) is 49.2. The van der Waals surface area contributed by atoms with Gasteiger partial charge in [0.15, 0.2) is 0 Å². The molecule has 16 nitrogen and oxygen atoms in total. The van der Waals surface area contributed by atoms with Crippen LogP contribution >= 0.6 is 15.9 Å². The summed E-state index contributed by atoms with van der Waals surface area (Å²) in [5.74, 6) is -5.03. The number of carbonyl (C=O) groups excluding carboxylic acids is 8. The van der Waals surface area contributed by atoms with Crippen molar-refractivity contribution in [1.82, 2.24) is 37.2 Å². The monoisotopic (exact) mass is 949 g/mol. The standard InChI is InChI=1S/C46H76BrN7O9/c1-18-40(11,48-31(55)29-25-27-30(47)28-26-29)32(56)49-41(12,19-2)33(57)50-42(13,20-3)34(58)51-43(14,21-4)35(59)52-44(15,22-5)36(60)53-45(16,23-6)37(61)54-46(17,24-7)38(62)63-39(8,9)10/h25-28H,18-24H2,1-17H3,(H,48,55)(H,49,56)(H,50,57)(H,51,58)(H,52,59)(H,53,60)(H,54,61)/t40-,41+,42-,43+,44-,45-,46+/m1/s1. The van der Waals surface area contributed by atoms with Crippen molar-refractivity contribution in [1.29, 1.82) is 0 Å². The molecule has 1 aromatic carbocycles. The predicted octanol–water partition coefficient (Wildman–Crippen LogP) is 5.40. The van der Waals surface area contributed by atoms with Crippen LogP contribution in [0, 0.1) is 0 Å². The Bertz CT molecular complexity index is 1870. The average molecular weight is 951 g/mol. The number of amides is 7. The van der Waals surface area contributed by atoms with Crippen molar-refractivity contribution in [2.24, 2.45) is 0 Å². The molecule has 1 aromatic rings. The first-order chi connectivity index (χ1) is 28.7. The number of benzene rings is 1. The highest BCUT2D eigenvalue weighted by Gasteiger charge is 2.49. The van der Waals surface area contributed by atoms with E-state index < -0.39 is 91.7 Å². The van der Waals surface area contributed by atoms with Crippen LogP contribution in [0.4, 0.5) is 0 Å². The molecule has 0 saturated carbocycles. The van der Waals surface area contributed by atoms with Gasteiger partial charge in [0.25, 0.3) is 5.91 Å². The molecule has 7 atom stereocenters. The molecule has 0 aromatic heterocycles. The summed E-state index contributed by atoms with van der Waals surface area (Å²) in [5.41, 5.74) is -11.0. The molecule has 0 aliphatic rings. The van der Waals surface area contributed by atoms with Crippen molar-refractivity contribution < 1.29 is 43.1 Å². The van der Waals surface area contributed by atoms with Crippen LogP contribution in [0.25, 0.3) is 0 Å². The Morgan fingerprint density at radius 3 is 0.841 bits per heavy atom. The lowest BCUT2D eigenvalue weighted by atomic mass is 9.87. The number of halogens is 1. The molecule has 356 valence electrons. The Labute approximate surface area is 383 Å². The molecule has 0 aliphatic carbocycles. The molecular weight excluding hydrogens is 874 g/mol. The van der Waals surface area contributed by atoms with E-state index in [1.807, 2.05) is 0 Å². The van der Waals surface area contributed by atoms with Gasteiger partial charge >= 0.3 is 5.97 Å². The number of ether oxygens (including phenoxy) is 1. The molecule has 0 spiro atoms. The van der Waals surface area contributed by atoms with Crippen LogP contribution in [-0.2, 0) is 38.3 Å². The van der Waals surface area contributed by atoms with Crippen LogP contribution < -0.4 is 37.2 Å². The number of hydrogen-bond acceptors (Lipinski definition) is 9. The SMILES string of the molecule is CC[C@@](C)(NC(=O)c1ccc(Br)cc1)C(=O)N[C@@](C)(CC)C(=O)N[C@](C)(CC)C(=O)N[C@@](C)(CC)C(=O)N[C@](C)(CC)C(=O)N[C@](C)(CC)C(=O)N[C@@](C)(CC)C(=O)OC(C)(C)C. The van der Waals surface area contributed by atoms with Gasteiger partial charge in [-0.05, 0) is 138 Å². The normalized spacial score (nSPS) is 18.3. The van der Waals surface area contributed by atoms with E-state index in [0.29, 0.717) is 5.56 Å². The maximum Gasteiger partial charge on any atom is 0.332 e. The third-order valence-electron chi connectivity index (χ3n) is 12.6. The molecular formula is C46H76BrN7O9. The van der Waals surface area contributed by atoms with Crippen LogP contribution in [0.1, 0.15) is 173 Å². The lowest BCUT2D eigenvalue weighted by Crippen LogP contribution is -2.71. The Kier molecular flexibility index (Phi) is 19.2. The third-order valence-corrected chi connectivity index (χ3v) is 13.2. The smallest absolute Gasteiger partial charge is 0.332 e. The van der Waals surface area contributed by atoms with Gasteiger partial charge in [0.2, 0.25) is 35.4 Å². The molecule has 0 heterocycles. The van der Waals surface area contributed by atoms with Gasteiger partial charge in [-0.25, -0.2) is 4.79 Å². The predicted molar refractivity (Wildman–Crippen MR) is 247 cm³/mol. The van der Waals surface area contributed by atoms with Gasteiger partial charge in [-0.3, -0.25) is 33.6 Å². The molecule has 0 fully saturated rings. The number of carbonyl (C=O) groups is 8. The van der Waals surface area contributed by atoms with E-state index in [-0.39, 0.29) is 44.9 Å². The summed E-state index contributed by atoms with van der Waals surface area (Å²) < 4.78 is 6.35. The van der Waals surface area contributed by atoms with E-state index in [0.717, 1.165) is 4.47 Å². The van der Waals surface area contributed by atoms with Crippen molar-refractivity contribution in [3.63, 3.8) is 0 Å². The second kappa shape index (κ2) is 21.4. The molecule has 0 unspecified atom stereocenters. The van der Waals surface area contributed by atoms with Crippen molar-refractivity contribution >= 4 is 63.2 Å². The maximum absolute atomic E-state index is 14.2. The average Bonchev–Trinajstić information content (AvgIpc) is 3.22. The van der Waals surface area contributed by atoms with Gasteiger partial charge < -0.3 is 42.0 Å². The van der Waals surface area contributed by atoms with E-state index >= 15 is 0 Å². The van der Waals surface area contributed by atoms with Gasteiger partial charge in [-0.15, -0.1) is 0 Å². The molecule has 17 heteroatoms. The summed E-state index contributed by atoms with van der Waals surface area (Å²) in [7, 11) is 0. The fraction of sp³-hybridized carbons (Fsp3) is 0.696.